The quantitative estimate of drug-likeness (QED) is 0.367. The molecular weight excluding hydrogens is 430 g/mol. The number of carboxylic acids is 1. The summed E-state index contributed by atoms with van der Waals surface area (Å²) in [4.78, 5) is 26.5. The molecule has 2 aromatic rings. The second-order valence-corrected chi connectivity index (χ2v) is 8.53. The minimum atomic E-state index is -1.35. The number of aromatic carboxylic acids is 1. The number of nitrogens with one attached hydrogen (secondary N) is 1. The maximum absolute atomic E-state index is 12.3. The minimum Gasteiger partial charge on any atom is -0.545 e. The fraction of sp³-hybridized carbons (Fsp3) is 0.222. The Bertz CT molecular complexity index is 1460. The zero-order valence-electron chi connectivity index (χ0n) is 19.9. The van der Waals surface area contributed by atoms with Crippen LogP contribution in [0.25, 0.3) is 33.4 Å². The zero-order chi connectivity index (χ0) is 24.6. The van der Waals surface area contributed by atoms with Gasteiger partial charge in [0.2, 0.25) is 5.36 Å². The summed E-state index contributed by atoms with van der Waals surface area (Å²) >= 11 is 0. The van der Waals surface area contributed by atoms with Crippen molar-refractivity contribution in [2.24, 2.45) is 0 Å². The molecule has 0 fully saturated rings. The summed E-state index contributed by atoms with van der Waals surface area (Å²) in [6.07, 6.45) is 0. The SMILES string of the molecule is CCNC(=O)c1ccc(-c2c3ccc(=[N+](C)C)cc-3oc3cc(N(C)C)ccc23)c(C(=O)[O-])c1. The smallest absolute Gasteiger partial charge is 0.251 e. The van der Waals surface area contributed by atoms with Gasteiger partial charge in [-0.15, -0.1) is 0 Å². The van der Waals surface area contributed by atoms with E-state index >= 15 is 0 Å². The van der Waals surface area contributed by atoms with Gasteiger partial charge >= 0.3 is 0 Å². The van der Waals surface area contributed by atoms with Crippen molar-refractivity contribution in [1.82, 2.24) is 9.89 Å². The monoisotopic (exact) mass is 457 g/mol. The molecule has 0 atom stereocenters. The number of fused-ring (bicyclic) bond motifs is 2. The van der Waals surface area contributed by atoms with Crippen LogP contribution in [0.3, 0.4) is 0 Å². The zero-order valence-corrected chi connectivity index (χ0v) is 19.9. The molecule has 174 valence electrons. The Balaban J connectivity index is 2.10. The maximum atomic E-state index is 12.3. The van der Waals surface area contributed by atoms with Gasteiger partial charge in [0.05, 0.1) is 12.0 Å². The Morgan fingerprint density at radius 3 is 2.38 bits per heavy atom. The van der Waals surface area contributed by atoms with Crippen LogP contribution in [0.2, 0.25) is 0 Å². The highest BCUT2D eigenvalue weighted by atomic mass is 16.4. The second-order valence-electron chi connectivity index (χ2n) is 8.53. The number of carboxylic acid groups (broad SMARTS) is 1. The van der Waals surface area contributed by atoms with Gasteiger partial charge in [0.15, 0.2) is 0 Å². The first kappa shape index (κ1) is 23.0. The van der Waals surface area contributed by atoms with Crippen molar-refractivity contribution in [3.05, 3.63) is 71.1 Å². The molecule has 7 heteroatoms. The molecule has 4 rings (SSSR count). The Hall–Kier alpha value is -4.13. The number of anilines is 1. The number of carbonyl (C=O) groups is 2. The Morgan fingerprint density at radius 2 is 1.74 bits per heavy atom. The Kier molecular flexibility index (Phi) is 6.11. The summed E-state index contributed by atoms with van der Waals surface area (Å²) in [6, 6.07) is 16.3. The van der Waals surface area contributed by atoms with Crippen molar-refractivity contribution in [2.45, 2.75) is 6.92 Å². The molecule has 1 aliphatic heterocycles. The maximum Gasteiger partial charge on any atom is 0.251 e. The molecule has 7 nitrogen and oxygen atoms in total. The third kappa shape index (κ3) is 4.12. The van der Waals surface area contributed by atoms with Crippen molar-refractivity contribution in [3.8, 4) is 22.5 Å². The van der Waals surface area contributed by atoms with E-state index in [-0.39, 0.29) is 17.0 Å². The predicted molar refractivity (Wildman–Crippen MR) is 132 cm³/mol. The fourth-order valence-electron chi connectivity index (χ4n) is 4.05. The molecule has 1 amide bonds. The standard InChI is InChI=1S/C27H27N3O4/c1-6-28-26(31)16-7-10-19(22(13-16)27(32)33)25-20-11-8-17(29(2)3)14-23(20)34-24-15-18(30(4)5)9-12-21(24)25/h7-15H,6H2,1-5H3,(H-,28,31,32,33). The lowest BCUT2D eigenvalue weighted by atomic mass is 9.89. The van der Waals surface area contributed by atoms with Gasteiger partial charge < -0.3 is 24.5 Å². The largest absolute Gasteiger partial charge is 0.545 e. The molecule has 34 heavy (non-hydrogen) atoms. The number of amides is 1. The highest BCUT2D eigenvalue weighted by Gasteiger charge is 2.21. The summed E-state index contributed by atoms with van der Waals surface area (Å²) < 4.78 is 8.28. The highest BCUT2D eigenvalue weighted by molar-refractivity contribution is 6.08. The number of nitrogens with zero attached hydrogens (tertiary/aromatic N) is 2. The van der Waals surface area contributed by atoms with Crippen molar-refractivity contribution < 1.29 is 19.1 Å². The van der Waals surface area contributed by atoms with E-state index in [0.29, 0.717) is 29.0 Å². The normalized spacial score (nSPS) is 11.0. The highest BCUT2D eigenvalue weighted by Crippen LogP contribution is 2.42. The third-order valence-corrected chi connectivity index (χ3v) is 5.83. The van der Waals surface area contributed by atoms with Crippen molar-refractivity contribution in [1.29, 1.82) is 0 Å². The average Bonchev–Trinajstić information content (AvgIpc) is 2.81. The van der Waals surface area contributed by atoms with E-state index in [9.17, 15) is 14.7 Å². The second kappa shape index (κ2) is 9.02. The molecule has 0 spiro atoms. The van der Waals surface area contributed by atoms with E-state index in [1.54, 1.807) is 12.1 Å². The molecule has 1 heterocycles. The Labute approximate surface area is 197 Å². The van der Waals surface area contributed by atoms with E-state index in [2.05, 4.69) is 5.32 Å². The summed E-state index contributed by atoms with van der Waals surface area (Å²) in [5.74, 6) is -1.06. The van der Waals surface area contributed by atoms with Crippen LogP contribution in [-0.4, -0.2) is 46.6 Å². The molecule has 0 saturated heterocycles. The van der Waals surface area contributed by atoms with Crippen LogP contribution in [0, 0.1) is 0 Å². The molecule has 0 aromatic heterocycles. The number of carbonyl (C=O) groups excluding carboxylic acids is 2. The molecule has 2 aromatic carbocycles. The molecular formula is C27H27N3O4. The summed E-state index contributed by atoms with van der Waals surface area (Å²) in [5, 5.41) is 16.6. The van der Waals surface area contributed by atoms with Gasteiger partial charge in [-0.2, -0.15) is 0 Å². The van der Waals surface area contributed by atoms with Crippen LogP contribution in [0.1, 0.15) is 27.6 Å². The molecule has 0 unspecified atom stereocenters. The van der Waals surface area contributed by atoms with Gasteiger partial charge in [-0.3, -0.25) is 4.79 Å². The van der Waals surface area contributed by atoms with Gasteiger partial charge in [-0.25, -0.2) is 4.58 Å². The van der Waals surface area contributed by atoms with Crippen LogP contribution >= 0.6 is 0 Å². The molecule has 2 aliphatic rings. The number of benzene rings is 3. The van der Waals surface area contributed by atoms with E-state index in [1.165, 1.54) is 6.07 Å². The van der Waals surface area contributed by atoms with Gasteiger partial charge in [0.1, 0.15) is 25.4 Å². The summed E-state index contributed by atoms with van der Waals surface area (Å²) in [6.45, 7) is 2.25. The van der Waals surface area contributed by atoms with E-state index in [1.807, 2.05) is 81.0 Å². The topological polar surface area (TPSA) is 88.6 Å². The van der Waals surface area contributed by atoms with Crippen LogP contribution < -0.4 is 25.3 Å². The Morgan fingerprint density at radius 1 is 1.00 bits per heavy atom. The summed E-state index contributed by atoms with van der Waals surface area (Å²) in [5.41, 5.74) is 3.75. The van der Waals surface area contributed by atoms with Crippen molar-refractivity contribution in [2.75, 3.05) is 39.6 Å². The van der Waals surface area contributed by atoms with E-state index in [0.717, 1.165) is 22.0 Å². The van der Waals surface area contributed by atoms with Gasteiger partial charge in [-0.05, 0) is 42.8 Å². The van der Waals surface area contributed by atoms with Crippen molar-refractivity contribution >= 4 is 28.5 Å². The van der Waals surface area contributed by atoms with Crippen LogP contribution in [0.15, 0.2) is 59.0 Å². The fourth-order valence-corrected chi connectivity index (χ4v) is 4.05. The molecule has 0 saturated carbocycles. The van der Waals surface area contributed by atoms with E-state index < -0.39 is 5.97 Å². The lowest BCUT2D eigenvalue weighted by molar-refractivity contribution is -0.254. The molecule has 1 aliphatic carbocycles. The van der Waals surface area contributed by atoms with Crippen LogP contribution in [-0.2, 0) is 0 Å². The number of rotatable bonds is 5. The van der Waals surface area contributed by atoms with Crippen LogP contribution in [0.4, 0.5) is 5.69 Å². The van der Waals surface area contributed by atoms with Gasteiger partial charge in [0, 0.05) is 66.1 Å². The lowest BCUT2D eigenvalue weighted by Crippen LogP contribution is -2.26. The first-order chi connectivity index (χ1) is 16.2. The molecule has 0 radical (unpaired) electrons. The first-order valence-electron chi connectivity index (χ1n) is 11.0. The van der Waals surface area contributed by atoms with Crippen LogP contribution in [0.5, 0.6) is 0 Å². The molecule has 1 N–H and O–H groups in total. The predicted octanol–water partition coefficient (Wildman–Crippen LogP) is 2.42. The lowest BCUT2D eigenvalue weighted by Gasteiger charge is -2.20. The summed E-state index contributed by atoms with van der Waals surface area (Å²) in [7, 11) is 7.78. The van der Waals surface area contributed by atoms with E-state index in [4.69, 9.17) is 4.42 Å². The van der Waals surface area contributed by atoms with Crippen molar-refractivity contribution in [3.63, 3.8) is 0 Å². The van der Waals surface area contributed by atoms with Gasteiger partial charge in [-0.1, -0.05) is 6.07 Å². The van der Waals surface area contributed by atoms with Gasteiger partial charge in [0.25, 0.3) is 5.91 Å². The third-order valence-electron chi connectivity index (χ3n) is 5.83. The number of hydrogen-bond donors (Lipinski definition) is 1. The first-order valence-corrected chi connectivity index (χ1v) is 11.0. The number of hydrogen-bond acceptors (Lipinski definition) is 5. The minimum absolute atomic E-state index is 0.0501. The average molecular weight is 458 g/mol. The molecule has 0 bridgehead atoms.